The van der Waals surface area contributed by atoms with Crippen LogP contribution in [0.2, 0.25) is 10.0 Å². The van der Waals surface area contributed by atoms with Gasteiger partial charge < -0.3 is 10.2 Å². The number of likely N-dealkylation sites (N-methyl/N-ethyl adjacent to an activating group) is 1. The van der Waals surface area contributed by atoms with Gasteiger partial charge in [0.05, 0.1) is 10.6 Å². The highest BCUT2D eigenvalue weighted by Crippen LogP contribution is 2.29. The topological polar surface area (TPSA) is 86.8 Å². The Labute approximate surface area is 269 Å². The lowest BCUT2D eigenvalue weighted by Crippen LogP contribution is -2.53. The van der Waals surface area contributed by atoms with Crippen molar-refractivity contribution in [3.05, 3.63) is 130 Å². The number of halogens is 2. The Kier molecular flexibility index (Phi) is 11.1. The summed E-state index contributed by atoms with van der Waals surface area (Å²) in [6, 6.07) is 28.3. The second-order valence-electron chi connectivity index (χ2n) is 10.6. The molecule has 44 heavy (non-hydrogen) atoms. The van der Waals surface area contributed by atoms with Gasteiger partial charge in [-0.3, -0.25) is 13.9 Å². The second-order valence-corrected chi connectivity index (χ2v) is 13.3. The van der Waals surface area contributed by atoms with Crippen molar-refractivity contribution in [3.63, 3.8) is 0 Å². The smallest absolute Gasteiger partial charge is 0.264 e. The van der Waals surface area contributed by atoms with Crippen LogP contribution in [0.1, 0.15) is 36.5 Å². The number of benzene rings is 4. The third kappa shape index (κ3) is 7.80. The molecule has 0 aliphatic carbocycles. The van der Waals surface area contributed by atoms with E-state index in [9.17, 15) is 18.0 Å². The van der Waals surface area contributed by atoms with Crippen LogP contribution >= 0.6 is 23.2 Å². The lowest BCUT2D eigenvalue weighted by Gasteiger charge is -2.34. The molecule has 230 valence electrons. The summed E-state index contributed by atoms with van der Waals surface area (Å²) in [5.74, 6) is -0.783. The molecule has 0 heterocycles. The minimum atomic E-state index is -4.18. The molecular weight excluding hydrogens is 617 g/mol. The van der Waals surface area contributed by atoms with Crippen LogP contribution in [0.3, 0.4) is 0 Å². The minimum absolute atomic E-state index is 0.0357. The van der Waals surface area contributed by atoms with Gasteiger partial charge in [-0.15, -0.1) is 0 Å². The standard InChI is InChI=1S/C34H35Cl2N3O4S/c1-24(2)26-17-19-27(20-18-26)39(44(42,43)28-13-8-5-9-14-28)23-33(40)38(22-29-30(35)15-10-16-31(29)36)32(34(41)37-3)21-25-11-6-4-7-12-25/h4-20,24,32H,21-23H2,1-3H3,(H,37,41). The van der Waals surface area contributed by atoms with Gasteiger partial charge in [0.1, 0.15) is 12.6 Å². The van der Waals surface area contributed by atoms with E-state index in [1.54, 1.807) is 48.5 Å². The molecule has 4 aromatic rings. The number of amides is 2. The molecular formula is C34H35Cl2N3O4S. The largest absolute Gasteiger partial charge is 0.357 e. The van der Waals surface area contributed by atoms with Gasteiger partial charge in [0, 0.05) is 35.6 Å². The molecule has 7 nitrogen and oxygen atoms in total. The molecule has 1 unspecified atom stereocenters. The Bertz CT molecular complexity index is 1660. The molecule has 0 aliphatic heterocycles. The number of nitrogens with one attached hydrogen (secondary N) is 1. The Morgan fingerprint density at radius 2 is 1.36 bits per heavy atom. The molecule has 0 spiro atoms. The Morgan fingerprint density at radius 3 is 1.91 bits per heavy atom. The fraction of sp³-hybridized carbons (Fsp3) is 0.235. The average Bonchev–Trinajstić information content (AvgIpc) is 3.03. The summed E-state index contributed by atoms with van der Waals surface area (Å²) in [6.07, 6.45) is 0.183. The van der Waals surface area contributed by atoms with E-state index in [0.717, 1.165) is 15.4 Å². The normalized spacial score (nSPS) is 12.0. The van der Waals surface area contributed by atoms with Gasteiger partial charge in [0.25, 0.3) is 10.0 Å². The van der Waals surface area contributed by atoms with E-state index < -0.39 is 34.4 Å². The molecule has 2 amide bonds. The van der Waals surface area contributed by atoms with Crippen molar-refractivity contribution in [1.82, 2.24) is 10.2 Å². The number of hydrogen-bond acceptors (Lipinski definition) is 4. The highest BCUT2D eigenvalue weighted by atomic mass is 35.5. The predicted octanol–water partition coefficient (Wildman–Crippen LogP) is 6.70. The first-order valence-corrected chi connectivity index (χ1v) is 16.4. The van der Waals surface area contributed by atoms with Crippen LogP contribution in [-0.4, -0.2) is 44.8 Å². The summed E-state index contributed by atoms with van der Waals surface area (Å²) in [6.45, 7) is 3.40. The van der Waals surface area contributed by atoms with Crippen molar-refractivity contribution >= 4 is 50.7 Å². The maximum Gasteiger partial charge on any atom is 0.264 e. The molecule has 0 aliphatic rings. The molecule has 4 rings (SSSR count). The predicted molar refractivity (Wildman–Crippen MR) is 177 cm³/mol. The van der Waals surface area contributed by atoms with Crippen molar-refractivity contribution in [1.29, 1.82) is 0 Å². The number of hydrogen-bond donors (Lipinski definition) is 1. The molecule has 0 saturated carbocycles. The van der Waals surface area contributed by atoms with Gasteiger partial charge in [-0.2, -0.15) is 0 Å². The van der Waals surface area contributed by atoms with Gasteiger partial charge in [0.15, 0.2) is 0 Å². The van der Waals surface area contributed by atoms with Gasteiger partial charge >= 0.3 is 0 Å². The number of carbonyl (C=O) groups excluding carboxylic acids is 2. The van der Waals surface area contributed by atoms with E-state index in [1.807, 2.05) is 56.3 Å². The van der Waals surface area contributed by atoms with Crippen LogP contribution in [0.4, 0.5) is 5.69 Å². The molecule has 0 bridgehead atoms. The molecule has 0 radical (unpaired) electrons. The molecule has 10 heteroatoms. The van der Waals surface area contributed by atoms with E-state index in [-0.39, 0.29) is 23.8 Å². The Hall–Kier alpha value is -3.85. The van der Waals surface area contributed by atoms with E-state index in [0.29, 0.717) is 21.3 Å². The number of sulfonamides is 1. The second kappa shape index (κ2) is 14.8. The van der Waals surface area contributed by atoms with E-state index >= 15 is 0 Å². The molecule has 4 aromatic carbocycles. The minimum Gasteiger partial charge on any atom is -0.357 e. The number of nitrogens with zero attached hydrogens (tertiary/aromatic N) is 2. The molecule has 0 fully saturated rings. The Balaban J connectivity index is 1.82. The first-order valence-electron chi connectivity index (χ1n) is 14.2. The Morgan fingerprint density at radius 1 is 0.795 bits per heavy atom. The van der Waals surface area contributed by atoms with Crippen molar-refractivity contribution in [2.75, 3.05) is 17.9 Å². The fourth-order valence-corrected chi connectivity index (χ4v) is 6.80. The summed E-state index contributed by atoms with van der Waals surface area (Å²) in [7, 11) is -2.69. The quantitative estimate of drug-likeness (QED) is 0.185. The zero-order chi connectivity index (χ0) is 31.9. The lowest BCUT2D eigenvalue weighted by molar-refractivity contribution is -0.139. The maximum absolute atomic E-state index is 14.4. The average molecular weight is 653 g/mol. The van der Waals surface area contributed by atoms with Gasteiger partial charge in [-0.05, 0) is 53.4 Å². The van der Waals surface area contributed by atoms with Crippen LogP contribution in [0, 0.1) is 0 Å². The third-order valence-corrected chi connectivity index (χ3v) is 9.86. The molecule has 1 atom stereocenters. The maximum atomic E-state index is 14.4. The monoisotopic (exact) mass is 651 g/mol. The lowest BCUT2D eigenvalue weighted by atomic mass is 10.0. The van der Waals surface area contributed by atoms with Gasteiger partial charge in [-0.25, -0.2) is 8.42 Å². The number of rotatable bonds is 12. The summed E-state index contributed by atoms with van der Waals surface area (Å²) < 4.78 is 29.2. The van der Waals surface area contributed by atoms with Crippen LogP contribution in [0.15, 0.2) is 108 Å². The molecule has 0 aromatic heterocycles. The highest BCUT2D eigenvalue weighted by molar-refractivity contribution is 7.92. The van der Waals surface area contributed by atoms with E-state index in [2.05, 4.69) is 5.32 Å². The third-order valence-electron chi connectivity index (χ3n) is 7.37. The highest BCUT2D eigenvalue weighted by Gasteiger charge is 2.35. The van der Waals surface area contributed by atoms with Crippen molar-refractivity contribution < 1.29 is 18.0 Å². The first-order chi connectivity index (χ1) is 21.0. The van der Waals surface area contributed by atoms with Crippen LogP contribution in [-0.2, 0) is 32.6 Å². The SMILES string of the molecule is CNC(=O)C(Cc1ccccc1)N(Cc1c(Cl)cccc1Cl)C(=O)CN(c1ccc(C(C)C)cc1)S(=O)(=O)c1ccccc1. The number of carbonyl (C=O) groups is 2. The van der Waals surface area contributed by atoms with E-state index in [1.165, 1.54) is 24.1 Å². The van der Waals surface area contributed by atoms with Crippen molar-refractivity contribution in [2.45, 2.75) is 43.7 Å². The summed E-state index contributed by atoms with van der Waals surface area (Å²) in [4.78, 5) is 29.2. The number of anilines is 1. The zero-order valence-corrected chi connectivity index (χ0v) is 27.1. The van der Waals surface area contributed by atoms with Crippen molar-refractivity contribution in [2.24, 2.45) is 0 Å². The molecule has 0 saturated heterocycles. The first kappa shape index (κ1) is 33.1. The molecule has 1 N–H and O–H groups in total. The van der Waals surface area contributed by atoms with Crippen LogP contribution in [0.25, 0.3) is 0 Å². The van der Waals surface area contributed by atoms with Gasteiger partial charge in [-0.1, -0.05) is 104 Å². The van der Waals surface area contributed by atoms with Crippen LogP contribution < -0.4 is 9.62 Å². The fourth-order valence-electron chi connectivity index (χ4n) is 4.85. The van der Waals surface area contributed by atoms with Gasteiger partial charge in [0.2, 0.25) is 11.8 Å². The summed E-state index contributed by atoms with van der Waals surface area (Å²) in [5.41, 5.74) is 2.61. The van der Waals surface area contributed by atoms with Crippen molar-refractivity contribution in [3.8, 4) is 0 Å². The summed E-state index contributed by atoms with van der Waals surface area (Å²) >= 11 is 13.0. The summed E-state index contributed by atoms with van der Waals surface area (Å²) in [5, 5.41) is 3.31. The van der Waals surface area contributed by atoms with E-state index in [4.69, 9.17) is 23.2 Å². The zero-order valence-electron chi connectivity index (χ0n) is 24.8. The van der Waals surface area contributed by atoms with Crippen LogP contribution in [0.5, 0.6) is 0 Å².